The van der Waals surface area contributed by atoms with Crippen molar-refractivity contribution in [3.8, 4) is 0 Å². The number of carbonyl (C=O) groups is 2. The van der Waals surface area contributed by atoms with E-state index in [4.69, 9.17) is 0 Å². The standard InChI is InChI=1S/C23H30N2O4S2/c1-17(2)15-18-6-8-19(9-7-18)23(27)20-10-12-25(13-11-20)21(26)16-24(3)31(28,29)22-5-4-14-30-22/h4-9,14,17,20H,10-13,15-16H2,1-3H3. The quantitative estimate of drug-likeness (QED) is 0.561. The van der Waals surface area contributed by atoms with E-state index >= 15 is 0 Å². The van der Waals surface area contributed by atoms with Crippen molar-refractivity contribution in [1.82, 2.24) is 9.21 Å². The maximum atomic E-state index is 12.9. The Balaban J connectivity index is 1.53. The molecule has 0 aliphatic carbocycles. The highest BCUT2D eigenvalue weighted by molar-refractivity contribution is 7.91. The third-order valence-electron chi connectivity index (χ3n) is 5.62. The molecule has 1 saturated heterocycles. The molecule has 0 saturated carbocycles. The molecule has 0 spiro atoms. The number of piperidine rings is 1. The number of benzene rings is 1. The minimum absolute atomic E-state index is 0.104. The highest BCUT2D eigenvalue weighted by Crippen LogP contribution is 2.24. The summed E-state index contributed by atoms with van der Waals surface area (Å²) < 4.78 is 26.3. The Morgan fingerprint density at radius 2 is 1.77 bits per heavy atom. The van der Waals surface area contributed by atoms with Crippen molar-refractivity contribution < 1.29 is 18.0 Å². The third-order valence-corrected chi connectivity index (χ3v) is 8.79. The van der Waals surface area contributed by atoms with Gasteiger partial charge in [0, 0.05) is 31.6 Å². The molecule has 0 atom stereocenters. The van der Waals surface area contributed by atoms with Gasteiger partial charge in [-0.1, -0.05) is 44.2 Å². The second-order valence-corrected chi connectivity index (χ2v) is 11.7. The second kappa shape index (κ2) is 10.1. The van der Waals surface area contributed by atoms with Crippen LogP contribution < -0.4 is 0 Å². The largest absolute Gasteiger partial charge is 0.342 e. The van der Waals surface area contributed by atoms with Gasteiger partial charge in [0.1, 0.15) is 4.21 Å². The average Bonchev–Trinajstić information content (AvgIpc) is 3.29. The molecule has 31 heavy (non-hydrogen) atoms. The molecule has 1 aromatic carbocycles. The fraction of sp³-hybridized carbons (Fsp3) is 0.478. The number of sulfonamides is 1. The molecule has 1 aliphatic rings. The predicted molar refractivity (Wildman–Crippen MR) is 123 cm³/mol. The molecule has 1 aliphatic heterocycles. The molecule has 1 aromatic heterocycles. The van der Waals surface area contributed by atoms with Crippen molar-refractivity contribution in [3.05, 3.63) is 52.9 Å². The van der Waals surface area contributed by atoms with E-state index in [1.54, 1.807) is 16.3 Å². The molecular weight excluding hydrogens is 432 g/mol. The van der Waals surface area contributed by atoms with Gasteiger partial charge < -0.3 is 4.90 Å². The molecule has 3 rings (SSSR count). The number of carbonyl (C=O) groups excluding carboxylic acids is 2. The highest BCUT2D eigenvalue weighted by atomic mass is 32.2. The molecular formula is C23H30N2O4S2. The summed E-state index contributed by atoms with van der Waals surface area (Å²) in [5, 5.41) is 1.70. The molecule has 168 valence electrons. The average molecular weight is 463 g/mol. The highest BCUT2D eigenvalue weighted by Gasteiger charge is 2.30. The van der Waals surface area contributed by atoms with Crippen LogP contribution >= 0.6 is 11.3 Å². The van der Waals surface area contributed by atoms with Crippen molar-refractivity contribution in [1.29, 1.82) is 0 Å². The minimum atomic E-state index is -3.65. The summed E-state index contributed by atoms with van der Waals surface area (Å²) in [6.07, 6.45) is 2.19. The van der Waals surface area contributed by atoms with Gasteiger partial charge in [-0.3, -0.25) is 9.59 Å². The van der Waals surface area contributed by atoms with Gasteiger partial charge in [-0.05, 0) is 42.2 Å². The Morgan fingerprint density at radius 1 is 1.13 bits per heavy atom. The first-order valence-corrected chi connectivity index (χ1v) is 12.9. The monoisotopic (exact) mass is 462 g/mol. The molecule has 0 radical (unpaired) electrons. The van der Waals surface area contributed by atoms with E-state index in [0.717, 1.165) is 27.6 Å². The summed E-state index contributed by atoms with van der Waals surface area (Å²) in [6.45, 7) is 5.07. The maximum absolute atomic E-state index is 12.9. The minimum Gasteiger partial charge on any atom is -0.342 e. The van der Waals surface area contributed by atoms with Crippen LogP contribution in [-0.2, 0) is 21.2 Å². The van der Waals surface area contributed by atoms with Crippen LogP contribution in [-0.4, -0.2) is 56.0 Å². The summed E-state index contributed by atoms with van der Waals surface area (Å²) in [4.78, 5) is 27.2. The number of ketones is 1. The van der Waals surface area contributed by atoms with Crippen molar-refractivity contribution in [2.24, 2.45) is 11.8 Å². The van der Waals surface area contributed by atoms with E-state index in [2.05, 4.69) is 13.8 Å². The van der Waals surface area contributed by atoms with Crippen LogP contribution in [0.25, 0.3) is 0 Å². The molecule has 2 aromatic rings. The number of hydrogen-bond donors (Lipinski definition) is 0. The Hall–Kier alpha value is -2.03. The van der Waals surface area contributed by atoms with Crippen LogP contribution in [0, 0.1) is 11.8 Å². The van der Waals surface area contributed by atoms with Crippen LogP contribution in [0.2, 0.25) is 0 Å². The van der Waals surface area contributed by atoms with Gasteiger partial charge in [-0.2, -0.15) is 4.31 Å². The number of rotatable bonds is 8. The van der Waals surface area contributed by atoms with Gasteiger partial charge in [0.25, 0.3) is 10.0 Å². The van der Waals surface area contributed by atoms with Crippen LogP contribution in [0.1, 0.15) is 42.6 Å². The van der Waals surface area contributed by atoms with Crippen molar-refractivity contribution >= 4 is 33.1 Å². The van der Waals surface area contributed by atoms with Crippen LogP contribution in [0.4, 0.5) is 0 Å². The fourth-order valence-electron chi connectivity index (χ4n) is 3.84. The first-order valence-electron chi connectivity index (χ1n) is 10.6. The number of Topliss-reactive ketones (excluding diaryl/α,β-unsaturated/α-hetero) is 1. The maximum Gasteiger partial charge on any atom is 0.252 e. The normalized spacial score (nSPS) is 15.6. The number of thiophene rings is 1. The van der Waals surface area contributed by atoms with Crippen molar-refractivity contribution in [2.45, 2.75) is 37.3 Å². The van der Waals surface area contributed by atoms with Crippen LogP contribution in [0.3, 0.4) is 0 Å². The Kier molecular flexibility index (Phi) is 7.67. The van der Waals surface area contributed by atoms with Crippen LogP contribution in [0.5, 0.6) is 0 Å². The van der Waals surface area contributed by atoms with E-state index in [1.807, 2.05) is 24.3 Å². The summed E-state index contributed by atoms with van der Waals surface area (Å²) in [5.74, 6) is 0.363. The number of hydrogen-bond acceptors (Lipinski definition) is 5. The lowest BCUT2D eigenvalue weighted by Gasteiger charge is -2.32. The van der Waals surface area contributed by atoms with Gasteiger partial charge in [0.05, 0.1) is 6.54 Å². The van der Waals surface area contributed by atoms with Crippen molar-refractivity contribution in [2.75, 3.05) is 26.7 Å². The zero-order chi connectivity index (χ0) is 22.6. The molecule has 1 amide bonds. The van der Waals surface area contributed by atoms with Gasteiger partial charge in [0.2, 0.25) is 5.91 Å². The molecule has 2 heterocycles. The zero-order valence-corrected chi connectivity index (χ0v) is 19.9. The Bertz CT molecular complexity index is 991. The van der Waals surface area contributed by atoms with E-state index in [0.29, 0.717) is 31.8 Å². The Labute approximate surface area is 188 Å². The number of likely N-dealkylation sites (tertiary alicyclic amines) is 1. The predicted octanol–water partition coefficient (Wildman–Crippen LogP) is 3.69. The zero-order valence-electron chi connectivity index (χ0n) is 18.3. The molecule has 1 fully saturated rings. The lowest BCUT2D eigenvalue weighted by atomic mass is 9.88. The summed E-state index contributed by atoms with van der Waals surface area (Å²) in [5.41, 5.74) is 1.95. The molecule has 0 N–H and O–H groups in total. The lowest BCUT2D eigenvalue weighted by Crippen LogP contribution is -2.45. The smallest absolute Gasteiger partial charge is 0.252 e. The number of likely N-dealkylation sites (N-methyl/N-ethyl adjacent to an activating group) is 1. The summed E-state index contributed by atoms with van der Waals surface area (Å²) >= 11 is 1.13. The second-order valence-electron chi connectivity index (χ2n) is 8.51. The van der Waals surface area contributed by atoms with Gasteiger partial charge in [0.15, 0.2) is 5.78 Å². The number of amides is 1. The van der Waals surface area contributed by atoms with Gasteiger partial charge in [-0.15, -0.1) is 11.3 Å². The first kappa shape index (κ1) is 23.6. The first-order chi connectivity index (χ1) is 14.7. The molecule has 6 nitrogen and oxygen atoms in total. The summed E-state index contributed by atoms with van der Waals surface area (Å²) in [6, 6.07) is 11.1. The SMILES string of the molecule is CC(C)Cc1ccc(C(=O)C2CCN(C(=O)CN(C)S(=O)(=O)c3cccs3)CC2)cc1. The van der Waals surface area contributed by atoms with Crippen molar-refractivity contribution in [3.63, 3.8) is 0 Å². The van der Waals surface area contributed by atoms with E-state index in [1.165, 1.54) is 18.7 Å². The molecule has 0 bridgehead atoms. The summed E-state index contributed by atoms with van der Waals surface area (Å²) in [7, 11) is -2.23. The molecule has 8 heteroatoms. The topological polar surface area (TPSA) is 74.8 Å². The number of nitrogens with zero attached hydrogens (tertiary/aromatic N) is 2. The Morgan fingerprint density at radius 3 is 2.32 bits per heavy atom. The van der Waals surface area contributed by atoms with E-state index in [-0.39, 0.29) is 28.4 Å². The van der Waals surface area contributed by atoms with E-state index < -0.39 is 10.0 Å². The van der Waals surface area contributed by atoms with E-state index in [9.17, 15) is 18.0 Å². The lowest BCUT2D eigenvalue weighted by molar-refractivity contribution is -0.132. The van der Waals surface area contributed by atoms with Crippen LogP contribution in [0.15, 0.2) is 46.0 Å². The third kappa shape index (κ3) is 5.81. The molecule has 0 unspecified atom stereocenters. The van der Waals surface area contributed by atoms with Gasteiger partial charge in [-0.25, -0.2) is 8.42 Å². The van der Waals surface area contributed by atoms with Gasteiger partial charge >= 0.3 is 0 Å². The fourth-order valence-corrected chi connectivity index (χ4v) is 6.16.